The van der Waals surface area contributed by atoms with E-state index in [0.29, 0.717) is 36.5 Å². The Labute approximate surface area is 139 Å². The molecule has 2 aliphatic rings. The molecule has 0 radical (unpaired) electrons. The first kappa shape index (κ1) is 15.1. The molecule has 0 atom stereocenters. The molecule has 23 heavy (non-hydrogen) atoms. The van der Waals surface area contributed by atoms with E-state index < -0.39 is 0 Å². The Hall–Kier alpha value is -1.47. The summed E-state index contributed by atoms with van der Waals surface area (Å²) in [5.41, 5.74) is 0.898. The molecule has 2 aromatic rings. The first-order chi connectivity index (χ1) is 11.2. The van der Waals surface area contributed by atoms with Crippen LogP contribution in [0.25, 0.3) is 11.4 Å². The summed E-state index contributed by atoms with van der Waals surface area (Å²) in [5.74, 6) is 0.867. The molecule has 122 valence electrons. The van der Waals surface area contributed by atoms with Crippen molar-refractivity contribution in [2.75, 3.05) is 26.3 Å². The monoisotopic (exact) mass is 335 g/mol. The lowest BCUT2D eigenvalue weighted by molar-refractivity contribution is -0.186. The SMILES string of the molecule is Clc1ccc(-c2noc(CN3CCC4(CC3)OCCO4)n2)cc1. The van der Waals surface area contributed by atoms with E-state index in [1.165, 1.54) is 0 Å². The third kappa shape index (κ3) is 3.26. The molecular weight excluding hydrogens is 318 g/mol. The van der Waals surface area contributed by atoms with E-state index in [0.717, 1.165) is 31.5 Å². The molecule has 2 aliphatic heterocycles. The minimum atomic E-state index is -0.347. The summed E-state index contributed by atoms with van der Waals surface area (Å²) in [5, 5.41) is 4.74. The van der Waals surface area contributed by atoms with Crippen molar-refractivity contribution in [3.05, 3.63) is 35.2 Å². The van der Waals surface area contributed by atoms with E-state index in [1.807, 2.05) is 24.3 Å². The van der Waals surface area contributed by atoms with Gasteiger partial charge in [-0.05, 0) is 24.3 Å². The molecule has 7 heteroatoms. The highest BCUT2D eigenvalue weighted by Crippen LogP contribution is 2.31. The van der Waals surface area contributed by atoms with Gasteiger partial charge in [-0.25, -0.2) is 0 Å². The summed E-state index contributed by atoms with van der Waals surface area (Å²) >= 11 is 5.89. The number of halogens is 1. The van der Waals surface area contributed by atoms with Crippen LogP contribution in [0.5, 0.6) is 0 Å². The fourth-order valence-electron chi connectivity index (χ4n) is 3.06. The number of hydrogen-bond donors (Lipinski definition) is 0. The van der Waals surface area contributed by atoms with Crippen LogP contribution >= 0.6 is 11.6 Å². The number of ether oxygens (including phenoxy) is 2. The van der Waals surface area contributed by atoms with Crippen molar-refractivity contribution in [3.8, 4) is 11.4 Å². The molecule has 0 amide bonds. The van der Waals surface area contributed by atoms with E-state index in [1.54, 1.807) is 0 Å². The Morgan fingerprint density at radius 1 is 1.09 bits per heavy atom. The number of likely N-dealkylation sites (tertiary alicyclic amines) is 1. The van der Waals surface area contributed by atoms with Crippen molar-refractivity contribution in [1.29, 1.82) is 0 Å². The van der Waals surface area contributed by atoms with Crippen LogP contribution in [0.2, 0.25) is 5.02 Å². The summed E-state index contributed by atoms with van der Waals surface area (Å²) in [6, 6.07) is 7.41. The number of aromatic nitrogens is 2. The average Bonchev–Trinajstić information content (AvgIpc) is 3.21. The molecule has 0 aliphatic carbocycles. The van der Waals surface area contributed by atoms with Crippen LogP contribution in [0.4, 0.5) is 0 Å². The van der Waals surface area contributed by atoms with Crippen molar-refractivity contribution in [2.45, 2.75) is 25.2 Å². The highest BCUT2D eigenvalue weighted by molar-refractivity contribution is 6.30. The van der Waals surface area contributed by atoms with E-state index in [-0.39, 0.29) is 5.79 Å². The van der Waals surface area contributed by atoms with Gasteiger partial charge >= 0.3 is 0 Å². The molecule has 0 unspecified atom stereocenters. The normalized spacial score (nSPS) is 21.1. The topological polar surface area (TPSA) is 60.6 Å². The van der Waals surface area contributed by atoms with Gasteiger partial charge in [0.2, 0.25) is 11.7 Å². The zero-order chi connectivity index (χ0) is 15.7. The molecule has 2 fully saturated rings. The third-order valence-electron chi connectivity index (χ3n) is 4.36. The number of hydrogen-bond acceptors (Lipinski definition) is 6. The fraction of sp³-hybridized carbons (Fsp3) is 0.500. The summed E-state index contributed by atoms with van der Waals surface area (Å²) in [6.45, 7) is 3.86. The summed E-state index contributed by atoms with van der Waals surface area (Å²) in [4.78, 5) is 6.76. The van der Waals surface area contributed by atoms with Gasteiger partial charge in [0.15, 0.2) is 5.79 Å². The summed E-state index contributed by atoms with van der Waals surface area (Å²) in [7, 11) is 0. The van der Waals surface area contributed by atoms with Gasteiger partial charge < -0.3 is 14.0 Å². The minimum absolute atomic E-state index is 0.347. The number of benzene rings is 1. The Morgan fingerprint density at radius 3 is 2.48 bits per heavy atom. The molecule has 4 rings (SSSR count). The highest BCUT2D eigenvalue weighted by Gasteiger charge is 2.39. The first-order valence-corrected chi connectivity index (χ1v) is 8.19. The van der Waals surface area contributed by atoms with Crippen LogP contribution in [-0.2, 0) is 16.0 Å². The van der Waals surface area contributed by atoms with Crippen LogP contribution in [-0.4, -0.2) is 47.1 Å². The number of nitrogens with zero attached hydrogens (tertiary/aromatic N) is 3. The second-order valence-corrected chi connectivity index (χ2v) is 6.34. The number of rotatable bonds is 3. The summed E-state index contributed by atoms with van der Waals surface area (Å²) in [6.07, 6.45) is 1.76. The minimum Gasteiger partial charge on any atom is -0.347 e. The molecule has 1 aromatic carbocycles. The maximum atomic E-state index is 5.89. The average molecular weight is 336 g/mol. The molecular formula is C16H18ClN3O3. The van der Waals surface area contributed by atoms with Gasteiger partial charge in [-0.2, -0.15) is 4.98 Å². The molecule has 1 aromatic heterocycles. The second kappa shape index (κ2) is 6.20. The third-order valence-corrected chi connectivity index (χ3v) is 4.61. The van der Waals surface area contributed by atoms with Gasteiger partial charge in [-0.15, -0.1) is 0 Å². The Morgan fingerprint density at radius 2 is 1.78 bits per heavy atom. The smallest absolute Gasteiger partial charge is 0.241 e. The van der Waals surface area contributed by atoms with Crippen molar-refractivity contribution in [1.82, 2.24) is 15.0 Å². The van der Waals surface area contributed by atoms with Crippen LogP contribution < -0.4 is 0 Å². The van der Waals surface area contributed by atoms with Gasteiger partial charge in [0, 0.05) is 36.5 Å². The quantitative estimate of drug-likeness (QED) is 0.859. The number of piperidine rings is 1. The van der Waals surface area contributed by atoms with Crippen molar-refractivity contribution >= 4 is 11.6 Å². The lowest BCUT2D eigenvalue weighted by Crippen LogP contribution is -2.44. The summed E-state index contributed by atoms with van der Waals surface area (Å²) < 4.78 is 16.9. The molecule has 6 nitrogen and oxygen atoms in total. The Kier molecular flexibility index (Phi) is 4.07. The lowest BCUT2D eigenvalue weighted by atomic mass is 10.0. The Bertz CT molecular complexity index is 657. The van der Waals surface area contributed by atoms with Crippen LogP contribution in [0, 0.1) is 0 Å². The highest BCUT2D eigenvalue weighted by atomic mass is 35.5. The molecule has 2 saturated heterocycles. The van der Waals surface area contributed by atoms with E-state index >= 15 is 0 Å². The molecule has 0 bridgehead atoms. The largest absolute Gasteiger partial charge is 0.347 e. The predicted molar refractivity (Wildman–Crippen MR) is 83.9 cm³/mol. The predicted octanol–water partition coefficient (Wildman–Crippen LogP) is 2.73. The van der Waals surface area contributed by atoms with E-state index in [2.05, 4.69) is 15.0 Å². The zero-order valence-electron chi connectivity index (χ0n) is 12.7. The molecule has 0 N–H and O–H groups in total. The van der Waals surface area contributed by atoms with Crippen molar-refractivity contribution in [3.63, 3.8) is 0 Å². The lowest BCUT2D eigenvalue weighted by Gasteiger charge is -2.36. The fourth-order valence-corrected chi connectivity index (χ4v) is 3.19. The zero-order valence-corrected chi connectivity index (χ0v) is 13.5. The maximum Gasteiger partial charge on any atom is 0.241 e. The van der Waals surface area contributed by atoms with Gasteiger partial charge in [0.1, 0.15) is 0 Å². The molecule has 1 spiro atoms. The van der Waals surface area contributed by atoms with Crippen LogP contribution in [0.3, 0.4) is 0 Å². The van der Waals surface area contributed by atoms with Crippen LogP contribution in [0.1, 0.15) is 18.7 Å². The molecule has 0 saturated carbocycles. The van der Waals surface area contributed by atoms with E-state index in [9.17, 15) is 0 Å². The molecule has 3 heterocycles. The standard InChI is InChI=1S/C16H18ClN3O3/c17-13-3-1-12(2-4-13)15-18-14(23-19-15)11-20-7-5-16(6-8-20)21-9-10-22-16/h1-4H,5-11H2. The van der Waals surface area contributed by atoms with Gasteiger partial charge in [0.25, 0.3) is 0 Å². The Balaban J connectivity index is 1.38. The van der Waals surface area contributed by atoms with Crippen molar-refractivity contribution in [2.24, 2.45) is 0 Å². The van der Waals surface area contributed by atoms with E-state index in [4.69, 9.17) is 25.6 Å². The van der Waals surface area contributed by atoms with Crippen LogP contribution in [0.15, 0.2) is 28.8 Å². The second-order valence-electron chi connectivity index (χ2n) is 5.90. The van der Waals surface area contributed by atoms with Gasteiger partial charge in [-0.1, -0.05) is 16.8 Å². The maximum absolute atomic E-state index is 5.89. The first-order valence-electron chi connectivity index (χ1n) is 7.81. The van der Waals surface area contributed by atoms with Gasteiger partial charge in [-0.3, -0.25) is 4.90 Å². The van der Waals surface area contributed by atoms with Gasteiger partial charge in [0.05, 0.1) is 19.8 Å². The van der Waals surface area contributed by atoms with Crippen molar-refractivity contribution < 1.29 is 14.0 Å².